The first kappa shape index (κ1) is 26.2. The van der Waals surface area contributed by atoms with Gasteiger partial charge in [-0.05, 0) is 53.4 Å². The Bertz CT molecular complexity index is 1710. The minimum absolute atomic E-state index is 0.0347. The lowest BCUT2D eigenvalue weighted by Crippen LogP contribution is -2.61. The Labute approximate surface area is 242 Å². The number of nitriles is 1. The number of aromatic nitrogens is 5. The molecule has 2 saturated heterocycles. The number of nitrogens with zero attached hydrogens (tertiary/aromatic N) is 8. The second-order valence-corrected chi connectivity index (χ2v) is 11.9. The maximum Gasteiger partial charge on any atom is 0.261 e. The highest BCUT2D eigenvalue weighted by Gasteiger charge is 2.46. The minimum atomic E-state index is -2.61. The third-order valence-electron chi connectivity index (χ3n) is 8.44. The smallest absolute Gasteiger partial charge is 0.261 e. The molecule has 3 aromatic heterocycles. The number of carbonyl (C=O) groups excluding carboxylic acids is 1. The molecule has 13 heteroatoms. The van der Waals surface area contributed by atoms with E-state index in [9.17, 15) is 18.8 Å². The summed E-state index contributed by atoms with van der Waals surface area (Å²) in [5.74, 6) is -2.17. The van der Waals surface area contributed by atoms with E-state index in [4.69, 9.17) is 4.98 Å². The fraction of sp³-hybridized carbons (Fsp3) is 0.429. The number of hydrogen-bond acceptors (Lipinski definition) is 8. The van der Waals surface area contributed by atoms with Gasteiger partial charge in [0.05, 0.1) is 28.7 Å². The van der Waals surface area contributed by atoms with Gasteiger partial charge in [-0.3, -0.25) is 14.7 Å². The van der Waals surface area contributed by atoms with Gasteiger partial charge in [0, 0.05) is 61.8 Å². The summed E-state index contributed by atoms with van der Waals surface area (Å²) < 4.78 is 29.4. The molecule has 2 aliphatic heterocycles. The van der Waals surface area contributed by atoms with Crippen molar-refractivity contribution in [3.8, 4) is 11.8 Å². The van der Waals surface area contributed by atoms with Gasteiger partial charge < -0.3 is 10.2 Å². The highest BCUT2D eigenvalue weighted by molar-refractivity contribution is 9.10. The number of likely N-dealkylation sites (tertiary alicyclic amines) is 2. The molecule has 7 rings (SSSR count). The zero-order chi connectivity index (χ0) is 28.3. The molecular weight excluding hydrogens is 596 g/mol. The molecule has 5 heterocycles. The molecule has 1 N–H and O–H groups in total. The van der Waals surface area contributed by atoms with Crippen molar-refractivity contribution in [3.05, 3.63) is 46.8 Å². The lowest BCUT2D eigenvalue weighted by Gasteiger charge is -2.45. The van der Waals surface area contributed by atoms with Crippen molar-refractivity contribution in [1.29, 1.82) is 5.26 Å². The van der Waals surface area contributed by atoms with E-state index in [0.29, 0.717) is 59.0 Å². The standard InChI is InChI=1S/C28H26BrF2N9O/c29-24-22-12-34-27(36-25(22)40(37-24)20-9-16-2-1-6-33-23(16)18(10-20)11-32)35-19-4-3-17(8-19)26(41)39-13-21(14-39)38-7-5-28(30,31)15-38/h1-2,6,9-10,12,17,19,21H,3-5,7-8,13-15H2,(H,34,35,36)/t17-,19-/m1/s1. The van der Waals surface area contributed by atoms with Crippen molar-refractivity contribution < 1.29 is 13.6 Å². The molecule has 4 aromatic rings. The highest BCUT2D eigenvalue weighted by atomic mass is 79.9. The van der Waals surface area contributed by atoms with Crippen LogP contribution >= 0.6 is 15.9 Å². The van der Waals surface area contributed by atoms with Crippen LogP contribution in [-0.2, 0) is 4.79 Å². The van der Waals surface area contributed by atoms with Crippen LogP contribution < -0.4 is 5.32 Å². The third kappa shape index (κ3) is 4.78. The van der Waals surface area contributed by atoms with Crippen LogP contribution in [0.2, 0.25) is 0 Å². The summed E-state index contributed by atoms with van der Waals surface area (Å²) in [5.41, 5.74) is 2.33. The average molecular weight is 622 g/mol. The van der Waals surface area contributed by atoms with Crippen molar-refractivity contribution in [2.75, 3.05) is 31.5 Å². The van der Waals surface area contributed by atoms with Gasteiger partial charge in [0.2, 0.25) is 11.9 Å². The summed E-state index contributed by atoms with van der Waals surface area (Å²) in [4.78, 5) is 30.3. The predicted octanol–water partition coefficient (Wildman–Crippen LogP) is 4.13. The molecular formula is C28H26BrF2N9O. The molecule has 3 fully saturated rings. The van der Waals surface area contributed by atoms with Crippen LogP contribution in [0.4, 0.5) is 14.7 Å². The van der Waals surface area contributed by atoms with E-state index in [-0.39, 0.29) is 36.9 Å². The van der Waals surface area contributed by atoms with Crippen LogP contribution in [0.5, 0.6) is 0 Å². The van der Waals surface area contributed by atoms with Crippen molar-refractivity contribution in [2.24, 2.45) is 5.92 Å². The maximum absolute atomic E-state index is 13.6. The number of alkyl halides is 2. The fourth-order valence-electron chi connectivity index (χ4n) is 6.22. The van der Waals surface area contributed by atoms with Gasteiger partial charge in [-0.2, -0.15) is 15.3 Å². The van der Waals surface area contributed by atoms with Crippen molar-refractivity contribution in [2.45, 2.75) is 43.7 Å². The van der Waals surface area contributed by atoms with Crippen LogP contribution in [0.25, 0.3) is 27.6 Å². The molecule has 2 atom stereocenters. The zero-order valence-electron chi connectivity index (χ0n) is 22.0. The molecule has 10 nitrogen and oxygen atoms in total. The molecule has 0 unspecified atom stereocenters. The minimum Gasteiger partial charge on any atom is -0.351 e. The van der Waals surface area contributed by atoms with Gasteiger partial charge in [-0.1, -0.05) is 6.07 Å². The van der Waals surface area contributed by atoms with E-state index in [1.165, 1.54) is 0 Å². The van der Waals surface area contributed by atoms with E-state index < -0.39 is 5.92 Å². The Morgan fingerprint density at radius 3 is 2.85 bits per heavy atom. The predicted molar refractivity (Wildman–Crippen MR) is 151 cm³/mol. The zero-order valence-corrected chi connectivity index (χ0v) is 23.6. The Morgan fingerprint density at radius 1 is 1.22 bits per heavy atom. The summed E-state index contributed by atoms with van der Waals surface area (Å²) in [5, 5.41) is 19.2. The molecule has 0 spiro atoms. The van der Waals surface area contributed by atoms with Crippen LogP contribution in [-0.4, -0.2) is 84.6 Å². The van der Waals surface area contributed by atoms with E-state index >= 15 is 0 Å². The molecule has 1 amide bonds. The van der Waals surface area contributed by atoms with E-state index in [2.05, 4.69) is 42.4 Å². The van der Waals surface area contributed by atoms with Crippen molar-refractivity contribution in [1.82, 2.24) is 34.5 Å². The van der Waals surface area contributed by atoms with Crippen LogP contribution in [0.15, 0.2) is 41.3 Å². The molecule has 210 valence electrons. The number of anilines is 1. The average Bonchev–Trinajstić information content (AvgIpc) is 3.64. The monoisotopic (exact) mass is 621 g/mol. The molecule has 1 aromatic carbocycles. The summed E-state index contributed by atoms with van der Waals surface area (Å²) in [6, 6.07) is 9.67. The van der Waals surface area contributed by atoms with Gasteiger partial charge in [-0.25, -0.2) is 18.4 Å². The lowest BCUT2D eigenvalue weighted by atomic mass is 10.0. The number of nitrogens with one attached hydrogen (secondary N) is 1. The van der Waals surface area contributed by atoms with Crippen molar-refractivity contribution in [3.63, 3.8) is 0 Å². The first-order valence-corrected chi connectivity index (χ1v) is 14.4. The lowest BCUT2D eigenvalue weighted by molar-refractivity contribution is -0.143. The van der Waals surface area contributed by atoms with E-state index in [1.54, 1.807) is 28.0 Å². The number of halogens is 3. The highest BCUT2D eigenvalue weighted by Crippen LogP contribution is 2.34. The quantitative estimate of drug-likeness (QED) is 0.354. The molecule has 0 radical (unpaired) electrons. The summed E-state index contributed by atoms with van der Waals surface area (Å²) in [7, 11) is 0. The van der Waals surface area contributed by atoms with Crippen LogP contribution in [0.3, 0.4) is 0 Å². The second-order valence-electron chi connectivity index (χ2n) is 11.1. The maximum atomic E-state index is 13.6. The number of pyridine rings is 1. The molecule has 41 heavy (non-hydrogen) atoms. The normalized spacial score (nSPS) is 22.7. The molecule has 1 aliphatic carbocycles. The molecule has 1 saturated carbocycles. The fourth-order valence-corrected chi connectivity index (χ4v) is 6.66. The van der Waals surface area contributed by atoms with Gasteiger partial charge in [0.15, 0.2) is 5.65 Å². The Balaban J connectivity index is 1.05. The number of amides is 1. The Morgan fingerprint density at radius 2 is 2.07 bits per heavy atom. The number of hydrogen-bond donors (Lipinski definition) is 1. The van der Waals surface area contributed by atoms with Gasteiger partial charge in [0.1, 0.15) is 10.7 Å². The molecule has 3 aliphatic rings. The van der Waals surface area contributed by atoms with Crippen molar-refractivity contribution >= 4 is 49.7 Å². The number of rotatable bonds is 5. The first-order chi connectivity index (χ1) is 19.8. The van der Waals surface area contributed by atoms with Crippen LogP contribution in [0.1, 0.15) is 31.2 Å². The Kier molecular flexibility index (Phi) is 6.35. The van der Waals surface area contributed by atoms with Gasteiger partial charge >= 0.3 is 0 Å². The first-order valence-electron chi connectivity index (χ1n) is 13.7. The largest absolute Gasteiger partial charge is 0.351 e. The third-order valence-corrected chi connectivity index (χ3v) is 9.02. The Hall–Kier alpha value is -3.76. The summed E-state index contributed by atoms with van der Waals surface area (Å²) in [6.07, 6.45) is 5.49. The van der Waals surface area contributed by atoms with E-state index in [1.807, 2.05) is 23.1 Å². The number of fused-ring (bicyclic) bond motifs is 2. The van der Waals surface area contributed by atoms with E-state index in [0.717, 1.165) is 23.6 Å². The molecule has 0 bridgehead atoms. The SMILES string of the molecule is N#Cc1cc(-n2nc(Br)c3cnc(N[C@@H]4CC[C@@H](C(=O)N5CC(N6CCC(F)(F)C6)C5)C4)nc32)cc2cccnc12. The van der Waals surface area contributed by atoms with Crippen LogP contribution in [0, 0.1) is 17.2 Å². The topological polar surface area (TPSA) is 116 Å². The van der Waals surface area contributed by atoms with Gasteiger partial charge in [-0.15, -0.1) is 0 Å². The summed E-state index contributed by atoms with van der Waals surface area (Å²) in [6.45, 7) is 1.25. The second kappa shape index (κ2) is 9.95. The van der Waals surface area contributed by atoms with Gasteiger partial charge in [0.25, 0.3) is 5.92 Å². The number of benzene rings is 1. The summed E-state index contributed by atoms with van der Waals surface area (Å²) >= 11 is 3.50. The number of carbonyl (C=O) groups is 1.